The Morgan fingerprint density at radius 2 is 2.43 bits per heavy atom. The summed E-state index contributed by atoms with van der Waals surface area (Å²) in [5.74, 6) is -0.0228. The number of thiophene rings is 1. The van der Waals surface area contributed by atoms with Gasteiger partial charge in [-0.3, -0.25) is 4.79 Å². The Balaban J connectivity index is 2.48. The number of hydrogen-bond donors (Lipinski definition) is 1. The standard InChI is InChI=1S/C9H12ClNO2S/c1-13-5-7(11)8(12)4-6-2-3-9(10)14-6/h2-3,7H,4-5,11H2,1H3. The van der Waals surface area contributed by atoms with Crippen molar-refractivity contribution in [3.8, 4) is 0 Å². The lowest BCUT2D eigenvalue weighted by molar-refractivity contribution is -0.120. The molecule has 0 saturated heterocycles. The van der Waals surface area contributed by atoms with Crippen molar-refractivity contribution in [2.24, 2.45) is 5.73 Å². The maximum atomic E-state index is 11.5. The summed E-state index contributed by atoms with van der Waals surface area (Å²) in [7, 11) is 1.52. The summed E-state index contributed by atoms with van der Waals surface area (Å²) in [6.07, 6.45) is 0.335. The number of nitrogens with two attached hydrogens (primary N) is 1. The average Bonchev–Trinajstić information content (AvgIpc) is 2.51. The van der Waals surface area contributed by atoms with Gasteiger partial charge in [0.25, 0.3) is 0 Å². The third-order valence-corrected chi connectivity index (χ3v) is 2.97. The zero-order valence-corrected chi connectivity index (χ0v) is 9.40. The molecule has 0 radical (unpaired) electrons. The van der Waals surface area contributed by atoms with Crippen molar-refractivity contribution in [3.63, 3.8) is 0 Å². The van der Waals surface area contributed by atoms with E-state index in [1.165, 1.54) is 18.4 Å². The van der Waals surface area contributed by atoms with E-state index >= 15 is 0 Å². The number of methoxy groups -OCH3 is 1. The molecule has 1 heterocycles. The summed E-state index contributed by atoms with van der Waals surface area (Å²) < 4.78 is 5.49. The second-order valence-corrected chi connectivity index (χ2v) is 4.71. The first-order chi connectivity index (χ1) is 6.63. The van der Waals surface area contributed by atoms with Crippen molar-refractivity contribution < 1.29 is 9.53 Å². The third kappa shape index (κ3) is 3.38. The van der Waals surface area contributed by atoms with Gasteiger partial charge in [-0.15, -0.1) is 11.3 Å². The third-order valence-electron chi connectivity index (χ3n) is 1.74. The highest BCUT2D eigenvalue weighted by molar-refractivity contribution is 7.16. The van der Waals surface area contributed by atoms with E-state index in [9.17, 15) is 4.79 Å². The Bertz CT molecular complexity index is 314. The maximum Gasteiger partial charge on any atom is 0.157 e. The molecule has 14 heavy (non-hydrogen) atoms. The highest BCUT2D eigenvalue weighted by Gasteiger charge is 2.14. The number of carbonyl (C=O) groups excluding carboxylic acids is 1. The molecular formula is C9H12ClNO2S. The second kappa shape index (κ2) is 5.46. The lowest BCUT2D eigenvalue weighted by atomic mass is 10.1. The van der Waals surface area contributed by atoms with Crippen LogP contribution in [0.5, 0.6) is 0 Å². The van der Waals surface area contributed by atoms with Crippen LogP contribution in [0.4, 0.5) is 0 Å². The molecule has 0 aliphatic heterocycles. The van der Waals surface area contributed by atoms with Gasteiger partial charge in [0.2, 0.25) is 0 Å². The van der Waals surface area contributed by atoms with E-state index in [1.54, 1.807) is 6.07 Å². The van der Waals surface area contributed by atoms with E-state index in [2.05, 4.69) is 0 Å². The van der Waals surface area contributed by atoms with Crippen LogP contribution in [0.3, 0.4) is 0 Å². The first-order valence-electron chi connectivity index (χ1n) is 4.15. The Kier molecular flexibility index (Phi) is 4.54. The predicted octanol–water partition coefficient (Wildman–Crippen LogP) is 1.49. The summed E-state index contributed by atoms with van der Waals surface area (Å²) in [5.41, 5.74) is 5.58. The monoisotopic (exact) mass is 233 g/mol. The van der Waals surface area contributed by atoms with Crippen molar-refractivity contribution in [3.05, 3.63) is 21.3 Å². The Morgan fingerprint density at radius 3 is 2.93 bits per heavy atom. The van der Waals surface area contributed by atoms with E-state index in [4.69, 9.17) is 22.1 Å². The normalized spacial score (nSPS) is 12.8. The van der Waals surface area contributed by atoms with Gasteiger partial charge < -0.3 is 10.5 Å². The van der Waals surface area contributed by atoms with Gasteiger partial charge in [0.15, 0.2) is 5.78 Å². The molecule has 0 fully saturated rings. The smallest absolute Gasteiger partial charge is 0.157 e. The molecule has 78 valence electrons. The Labute approximate surface area is 91.8 Å². The molecule has 1 aromatic heterocycles. The molecule has 0 aromatic carbocycles. The van der Waals surface area contributed by atoms with Gasteiger partial charge in [-0.2, -0.15) is 0 Å². The molecule has 0 amide bonds. The molecule has 0 aliphatic carbocycles. The second-order valence-electron chi connectivity index (χ2n) is 2.91. The molecule has 0 saturated carbocycles. The number of carbonyl (C=O) groups is 1. The molecule has 0 aliphatic rings. The lowest BCUT2D eigenvalue weighted by Gasteiger charge is -2.07. The zero-order valence-electron chi connectivity index (χ0n) is 7.83. The predicted molar refractivity (Wildman–Crippen MR) is 57.9 cm³/mol. The average molecular weight is 234 g/mol. The fraction of sp³-hybridized carbons (Fsp3) is 0.444. The number of halogens is 1. The van der Waals surface area contributed by atoms with Crippen LogP contribution < -0.4 is 5.73 Å². The van der Waals surface area contributed by atoms with Crippen molar-refractivity contribution in [2.75, 3.05) is 13.7 Å². The summed E-state index contributed by atoms with van der Waals surface area (Å²) in [5, 5.41) is 0. The molecule has 3 nitrogen and oxygen atoms in total. The molecule has 0 bridgehead atoms. The van der Waals surface area contributed by atoms with Crippen molar-refractivity contribution in [1.82, 2.24) is 0 Å². The van der Waals surface area contributed by atoms with Gasteiger partial charge >= 0.3 is 0 Å². The fourth-order valence-corrected chi connectivity index (χ4v) is 2.12. The summed E-state index contributed by atoms with van der Waals surface area (Å²) in [6, 6.07) is 3.07. The molecular weight excluding hydrogens is 222 g/mol. The Morgan fingerprint density at radius 1 is 1.71 bits per heavy atom. The SMILES string of the molecule is COCC(N)C(=O)Cc1ccc(Cl)s1. The molecule has 1 atom stereocenters. The maximum absolute atomic E-state index is 11.5. The summed E-state index contributed by atoms with van der Waals surface area (Å²) in [6.45, 7) is 0.262. The molecule has 1 rings (SSSR count). The first-order valence-corrected chi connectivity index (χ1v) is 5.34. The minimum absolute atomic E-state index is 0.0228. The number of ketones is 1. The quantitative estimate of drug-likeness (QED) is 0.839. The summed E-state index contributed by atoms with van der Waals surface area (Å²) >= 11 is 7.14. The Hall–Kier alpha value is -0.420. The van der Waals surface area contributed by atoms with E-state index in [1.807, 2.05) is 6.07 Å². The van der Waals surface area contributed by atoms with E-state index < -0.39 is 6.04 Å². The zero-order chi connectivity index (χ0) is 10.6. The largest absolute Gasteiger partial charge is 0.383 e. The minimum atomic E-state index is -0.541. The highest BCUT2D eigenvalue weighted by Crippen LogP contribution is 2.21. The molecule has 1 unspecified atom stereocenters. The summed E-state index contributed by atoms with van der Waals surface area (Å²) in [4.78, 5) is 12.4. The topological polar surface area (TPSA) is 52.3 Å². The molecule has 0 spiro atoms. The molecule has 2 N–H and O–H groups in total. The van der Waals surface area contributed by atoms with Gasteiger partial charge in [-0.05, 0) is 12.1 Å². The molecule has 5 heteroatoms. The van der Waals surface area contributed by atoms with Gasteiger partial charge in [-0.1, -0.05) is 11.6 Å². The van der Waals surface area contributed by atoms with Crippen LogP contribution in [0.2, 0.25) is 4.34 Å². The van der Waals surface area contributed by atoms with Crippen LogP contribution in [0.25, 0.3) is 0 Å². The van der Waals surface area contributed by atoms with Crippen LogP contribution in [0, 0.1) is 0 Å². The van der Waals surface area contributed by atoms with Crippen LogP contribution >= 0.6 is 22.9 Å². The van der Waals surface area contributed by atoms with E-state index in [0.717, 1.165) is 4.88 Å². The number of hydrogen-bond acceptors (Lipinski definition) is 4. The first kappa shape index (κ1) is 11.7. The van der Waals surface area contributed by atoms with E-state index in [0.29, 0.717) is 10.8 Å². The van der Waals surface area contributed by atoms with Gasteiger partial charge in [0.05, 0.1) is 17.0 Å². The van der Waals surface area contributed by atoms with Crippen molar-refractivity contribution >= 4 is 28.7 Å². The van der Waals surface area contributed by atoms with Gasteiger partial charge in [-0.25, -0.2) is 0 Å². The van der Waals surface area contributed by atoms with Crippen LogP contribution in [-0.4, -0.2) is 25.5 Å². The van der Waals surface area contributed by atoms with E-state index in [-0.39, 0.29) is 12.4 Å². The van der Waals surface area contributed by atoms with Crippen molar-refractivity contribution in [1.29, 1.82) is 0 Å². The van der Waals surface area contributed by atoms with Crippen molar-refractivity contribution in [2.45, 2.75) is 12.5 Å². The number of rotatable bonds is 5. The van der Waals surface area contributed by atoms with Gasteiger partial charge in [0, 0.05) is 18.4 Å². The number of Topliss-reactive ketones (excluding diaryl/α,β-unsaturated/α-hetero) is 1. The number of ether oxygens (including phenoxy) is 1. The molecule has 1 aromatic rings. The minimum Gasteiger partial charge on any atom is -0.383 e. The fourth-order valence-electron chi connectivity index (χ4n) is 1.02. The van der Waals surface area contributed by atoms with Crippen LogP contribution in [0.1, 0.15) is 4.88 Å². The van der Waals surface area contributed by atoms with Gasteiger partial charge in [0.1, 0.15) is 0 Å². The van der Waals surface area contributed by atoms with Crippen LogP contribution in [0.15, 0.2) is 12.1 Å². The highest BCUT2D eigenvalue weighted by atomic mass is 35.5. The van der Waals surface area contributed by atoms with Crippen LogP contribution in [-0.2, 0) is 16.0 Å². The lowest BCUT2D eigenvalue weighted by Crippen LogP contribution is -2.35.